The third-order valence-electron chi connectivity index (χ3n) is 2.41. The van der Waals surface area contributed by atoms with Gasteiger partial charge in [0.15, 0.2) is 5.82 Å². The fourth-order valence-electron chi connectivity index (χ4n) is 1.63. The summed E-state index contributed by atoms with van der Waals surface area (Å²) in [6.07, 6.45) is 0.495. The lowest BCUT2D eigenvalue weighted by atomic mass is 10.2. The summed E-state index contributed by atoms with van der Waals surface area (Å²) in [6.45, 7) is 4.94. The minimum atomic E-state index is 0.0714. The number of aryl methyl sites for hydroxylation is 2. The third-order valence-corrected chi connectivity index (χ3v) is 3.41. The standard InChI is InChI=1S/C10H14N4OS/c1-7-5-9(8(2)16-7)6-14-10(3-4-15)11-12-13-14/h5,15H,3-4,6H2,1-2H3. The number of aromatic nitrogens is 4. The van der Waals surface area contributed by atoms with Crippen LogP contribution in [0.1, 0.15) is 21.1 Å². The van der Waals surface area contributed by atoms with Crippen molar-refractivity contribution in [1.29, 1.82) is 0 Å². The molecule has 0 unspecified atom stereocenters. The number of thiophene rings is 1. The summed E-state index contributed by atoms with van der Waals surface area (Å²) in [5, 5.41) is 20.3. The SMILES string of the molecule is Cc1cc(Cn2nnnc2CCO)c(C)s1. The zero-order valence-electron chi connectivity index (χ0n) is 9.34. The second kappa shape index (κ2) is 4.71. The van der Waals surface area contributed by atoms with E-state index in [-0.39, 0.29) is 6.61 Å². The molecule has 0 spiro atoms. The van der Waals surface area contributed by atoms with Crippen molar-refractivity contribution in [3.63, 3.8) is 0 Å². The smallest absolute Gasteiger partial charge is 0.153 e. The zero-order valence-corrected chi connectivity index (χ0v) is 10.2. The molecule has 0 aliphatic rings. The highest BCUT2D eigenvalue weighted by atomic mass is 32.1. The highest BCUT2D eigenvalue weighted by molar-refractivity contribution is 7.12. The summed E-state index contributed by atoms with van der Waals surface area (Å²) >= 11 is 1.78. The second-order valence-electron chi connectivity index (χ2n) is 3.66. The summed E-state index contributed by atoms with van der Waals surface area (Å²) in [6, 6.07) is 2.16. The van der Waals surface area contributed by atoms with Gasteiger partial charge in [0, 0.05) is 16.2 Å². The molecule has 2 aromatic heterocycles. The van der Waals surface area contributed by atoms with Crippen molar-refractivity contribution >= 4 is 11.3 Å². The van der Waals surface area contributed by atoms with E-state index >= 15 is 0 Å². The third kappa shape index (κ3) is 2.28. The lowest BCUT2D eigenvalue weighted by molar-refractivity contribution is 0.294. The molecule has 86 valence electrons. The van der Waals surface area contributed by atoms with Crippen LogP contribution in [0.15, 0.2) is 6.07 Å². The molecule has 0 amide bonds. The molecule has 0 radical (unpaired) electrons. The van der Waals surface area contributed by atoms with Crippen LogP contribution < -0.4 is 0 Å². The van der Waals surface area contributed by atoms with Crippen molar-refractivity contribution in [3.05, 3.63) is 27.2 Å². The number of aliphatic hydroxyl groups is 1. The van der Waals surface area contributed by atoms with Gasteiger partial charge in [-0.1, -0.05) is 0 Å². The first-order valence-electron chi connectivity index (χ1n) is 5.12. The van der Waals surface area contributed by atoms with Crippen molar-refractivity contribution < 1.29 is 5.11 Å². The van der Waals surface area contributed by atoms with E-state index in [9.17, 15) is 0 Å². The van der Waals surface area contributed by atoms with Gasteiger partial charge in [0.1, 0.15) is 0 Å². The normalized spacial score (nSPS) is 10.9. The number of aliphatic hydroxyl groups excluding tert-OH is 1. The molecule has 0 atom stereocenters. The van der Waals surface area contributed by atoms with E-state index in [0.717, 1.165) is 5.82 Å². The van der Waals surface area contributed by atoms with E-state index in [1.807, 2.05) is 0 Å². The highest BCUT2D eigenvalue weighted by Crippen LogP contribution is 2.21. The Morgan fingerprint density at radius 1 is 1.44 bits per heavy atom. The maximum atomic E-state index is 8.88. The van der Waals surface area contributed by atoms with Crippen LogP contribution in [0.5, 0.6) is 0 Å². The van der Waals surface area contributed by atoms with E-state index in [2.05, 4.69) is 35.4 Å². The lowest BCUT2D eigenvalue weighted by Crippen LogP contribution is -2.08. The fraction of sp³-hybridized carbons (Fsp3) is 0.500. The summed E-state index contributed by atoms with van der Waals surface area (Å²) in [5.41, 5.74) is 1.24. The Morgan fingerprint density at radius 3 is 2.88 bits per heavy atom. The number of rotatable bonds is 4. The van der Waals surface area contributed by atoms with E-state index in [4.69, 9.17) is 5.11 Å². The number of hydrogen-bond donors (Lipinski definition) is 1. The van der Waals surface area contributed by atoms with Gasteiger partial charge in [0.2, 0.25) is 0 Å². The van der Waals surface area contributed by atoms with E-state index in [0.29, 0.717) is 13.0 Å². The van der Waals surface area contributed by atoms with Crippen molar-refractivity contribution in [2.24, 2.45) is 0 Å². The van der Waals surface area contributed by atoms with Crippen LogP contribution in [0.3, 0.4) is 0 Å². The monoisotopic (exact) mass is 238 g/mol. The van der Waals surface area contributed by atoms with Gasteiger partial charge in [0.25, 0.3) is 0 Å². The number of nitrogens with zero attached hydrogens (tertiary/aromatic N) is 4. The first-order valence-corrected chi connectivity index (χ1v) is 5.94. The maximum Gasteiger partial charge on any atom is 0.153 e. The molecule has 0 bridgehead atoms. The first kappa shape index (κ1) is 11.2. The van der Waals surface area contributed by atoms with Gasteiger partial charge in [-0.25, -0.2) is 4.68 Å². The molecular weight excluding hydrogens is 224 g/mol. The Bertz CT molecular complexity index is 477. The predicted octanol–water partition coefficient (Wildman–Crippen LogP) is 0.935. The van der Waals surface area contributed by atoms with Crippen molar-refractivity contribution in [3.8, 4) is 0 Å². The Balaban J connectivity index is 2.20. The molecule has 16 heavy (non-hydrogen) atoms. The molecule has 0 saturated carbocycles. The summed E-state index contributed by atoms with van der Waals surface area (Å²) in [4.78, 5) is 2.59. The molecule has 5 nitrogen and oxygen atoms in total. The van der Waals surface area contributed by atoms with Crippen LogP contribution in [0.25, 0.3) is 0 Å². The molecule has 0 aliphatic heterocycles. The summed E-state index contributed by atoms with van der Waals surface area (Å²) in [5.74, 6) is 0.728. The fourth-order valence-corrected chi connectivity index (χ4v) is 2.57. The highest BCUT2D eigenvalue weighted by Gasteiger charge is 2.09. The average molecular weight is 238 g/mol. The van der Waals surface area contributed by atoms with Crippen LogP contribution in [-0.2, 0) is 13.0 Å². The van der Waals surface area contributed by atoms with Gasteiger partial charge in [-0.05, 0) is 35.9 Å². The van der Waals surface area contributed by atoms with E-state index in [1.165, 1.54) is 15.3 Å². The van der Waals surface area contributed by atoms with Gasteiger partial charge in [-0.2, -0.15) is 0 Å². The molecular formula is C10H14N4OS. The summed E-state index contributed by atoms with van der Waals surface area (Å²) < 4.78 is 1.74. The minimum absolute atomic E-state index is 0.0714. The predicted molar refractivity (Wildman–Crippen MR) is 61.5 cm³/mol. The van der Waals surface area contributed by atoms with Gasteiger partial charge in [-0.3, -0.25) is 0 Å². The van der Waals surface area contributed by atoms with Crippen LogP contribution >= 0.6 is 11.3 Å². The topological polar surface area (TPSA) is 63.8 Å². The van der Waals surface area contributed by atoms with Crippen molar-refractivity contribution in [2.75, 3.05) is 6.61 Å². The molecule has 0 aliphatic carbocycles. The van der Waals surface area contributed by atoms with Gasteiger partial charge in [-0.15, -0.1) is 16.4 Å². The van der Waals surface area contributed by atoms with Crippen LogP contribution in [0, 0.1) is 13.8 Å². The Labute approximate surface area is 97.7 Å². The Kier molecular flexibility index (Phi) is 3.31. The molecule has 2 rings (SSSR count). The van der Waals surface area contributed by atoms with E-state index in [1.54, 1.807) is 16.0 Å². The van der Waals surface area contributed by atoms with Gasteiger partial charge >= 0.3 is 0 Å². The second-order valence-corrected chi connectivity index (χ2v) is 5.13. The van der Waals surface area contributed by atoms with Gasteiger partial charge < -0.3 is 5.11 Å². The van der Waals surface area contributed by atoms with Crippen molar-refractivity contribution in [2.45, 2.75) is 26.8 Å². The maximum absolute atomic E-state index is 8.88. The van der Waals surface area contributed by atoms with Crippen LogP contribution in [0.4, 0.5) is 0 Å². The molecule has 1 N–H and O–H groups in total. The lowest BCUT2D eigenvalue weighted by Gasteiger charge is -2.02. The minimum Gasteiger partial charge on any atom is -0.396 e. The summed E-state index contributed by atoms with van der Waals surface area (Å²) in [7, 11) is 0. The van der Waals surface area contributed by atoms with Gasteiger partial charge in [0.05, 0.1) is 13.2 Å². The average Bonchev–Trinajstić information content (AvgIpc) is 2.77. The molecule has 0 saturated heterocycles. The van der Waals surface area contributed by atoms with Crippen LogP contribution in [-0.4, -0.2) is 31.9 Å². The molecule has 0 fully saturated rings. The molecule has 2 aromatic rings. The first-order chi connectivity index (χ1) is 7.70. The molecule has 6 heteroatoms. The quantitative estimate of drug-likeness (QED) is 0.860. The number of hydrogen-bond acceptors (Lipinski definition) is 5. The van der Waals surface area contributed by atoms with E-state index < -0.39 is 0 Å². The molecule has 2 heterocycles. The Hall–Kier alpha value is -1.27. The van der Waals surface area contributed by atoms with Crippen LogP contribution in [0.2, 0.25) is 0 Å². The zero-order chi connectivity index (χ0) is 11.5. The largest absolute Gasteiger partial charge is 0.396 e. The Morgan fingerprint density at radius 2 is 2.25 bits per heavy atom. The number of tetrazole rings is 1. The van der Waals surface area contributed by atoms with Crippen molar-refractivity contribution in [1.82, 2.24) is 20.2 Å². The molecule has 0 aromatic carbocycles.